The molecule has 5 heteroatoms. The average Bonchev–Trinajstić information content (AvgIpc) is 2.58. The molecular weight excluding hydrogens is 338 g/mol. The minimum absolute atomic E-state index is 0. The molecule has 2 aliphatic rings. The summed E-state index contributed by atoms with van der Waals surface area (Å²) >= 11 is 0. The fourth-order valence-electron chi connectivity index (χ4n) is 3.98. The van der Waals surface area contributed by atoms with E-state index in [1.165, 1.54) is 12.5 Å². The Balaban J connectivity index is 0.00000182. The summed E-state index contributed by atoms with van der Waals surface area (Å²) in [5, 5.41) is 0. The molecule has 2 aliphatic heterocycles. The number of ether oxygens (including phenoxy) is 2. The van der Waals surface area contributed by atoms with Crippen molar-refractivity contribution < 1.29 is 14.3 Å². The lowest BCUT2D eigenvalue weighted by Crippen LogP contribution is -2.43. The van der Waals surface area contributed by atoms with E-state index in [2.05, 4.69) is 30.1 Å². The van der Waals surface area contributed by atoms with Gasteiger partial charge in [0.1, 0.15) is 5.75 Å². The number of esters is 1. The lowest BCUT2D eigenvalue weighted by atomic mass is 9.66. The zero-order valence-corrected chi connectivity index (χ0v) is 15.3. The van der Waals surface area contributed by atoms with E-state index in [9.17, 15) is 4.79 Å². The minimum atomic E-state index is -0.330. The Bertz CT molecular complexity index is 797. The number of rotatable bonds is 1. The van der Waals surface area contributed by atoms with Gasteiger partial charge in [0, 0.05) is 23.5 Å². The van der Waals surface area contributed by atoms with Crippen LogP contribution in [-0.4, -0.2) is 31.0 Å². The molecule has 4 nitrogen and oxygen atoms in total. The normalized spacial score (nSPS) is 17.7. The predicted octanol–water partition coefficient (Wildman–Crippen LogP) is 4.15. The molecule has 2 aromatic carbocycles. The van der Waals surface area contributed by atoms with Gasteiger partial charge in [0.05, 0.1) is 0 Å². The van der Waals surface area contributed by atoms with Gasteiger partial charge in [-0.3, -0.25) is 4.79 Å². The smallest absolute Gasteiger partial charge is 0.308 e. The van der Waals surface area contributed by atoms with Gasteiger partial charge in [0.25, 0.3) is 0 Å². The van der Waals surface area contributed by atoms with Crippen LogP contribution in [0.25, 0.3) is 0 Å². The molecule has 2 heterocycles. The summed E-state index contributed by atoms with van der Waals surface area (Å²) in [5.74, 6) is 1.74. The molecule has 0 atom stereocenters. The van der Waals surface area contributed by atoms with Crippen LogP contribution in [0, 0.1) is 0 Å². The second kappa shape index (κ2) is 6.70. The number of carbonyl (C=O) groups excluding carboxylic acids is 1. The van der Waals surface area contributed by atoms with Crippen LogP contribution in [0.3, 0.4) is 0 Å². The van der Waals surface area contributed by atoms with Crippen LogP contribution in [0.1, 0.15) is 30.9 Å². The van der Waals surface area contributed by atoms with E-state index in [0.717, 1.165) is 37.2 Å². The fraction of sp³-hybridized carbons (Fsp3) is 0.350. The number of piperidine rings is 1. The molecule has 0 unspecified atom stereocenters. The highest BCUT2D eigenvalue weighted by atomic mass is 35.5. The van der Waals surface area contributed by atoms with Gasteiger partial charge >= 0.3 is 5.97 Å². The highest BCUT2D eigenvalue weighted by molar-refractivity contribution is 5.85. The predicted molar refractivity (Wildman–Crippen MR) is 99.0 cm³/mol. The zero-order valence-electron chi connectivity index (χ0n) is 14.5. The third-order valence-electron chi connectivity index (χ3n) is 5.20. The Morgan fingerprint density at radius 2 is 1.76 bits per heavy atom. The summed E-state index contributed by atoms with van der Waals surface area (Å²) in [7, 11) is 2.16. The van der Waals surface area contributed by atoms with Gasteiger partial charge in [-0.05, 0) is 45.1 Å². The summed E-state index contributed by atoms with van der Waals surface area (Å²) < 4.78 is 11.6. The monoisotopic (exact) mass is 359 g/mol. The van der Waals surface area contributed by atoms with E-state index >= 15 is 0 Å². The first-order valence-electron chi connectivity index (χ1n) is 8.38. The van der Waals surface area contributed by atoms with Crippen molar-refractivity contribution in [3.05, 3.63) is 53.6 Å². The van der Waals surface area contributed by atoms with E-state index in [1.54, 1.807) is 6.07 Å². The van der Waals surface area contributed by atoms with Crippen LogP contribution in [-0.2, 0) is 10.2 Å². The molecule has 0 saturated carbocycles. The summed E-state index contributed by atoms with van der Waals surface area (Å²) in [6.07, 6.45) is 2.06. The molecule has 0 aliphatic carbocycles. The van der Waals surface area contributed by atoms with E-state index < -0.39 is 0 Å². The molecule has 0 N–H and O–H groups in total. The molecule has 0 amide bonds. The molecule has 4 rings (SSSR count). The van der Waals surface area contributed by atoms with Crippen LogP contribution >= 0.6 is 12.4 Å². The standard InChI is InChI=1S/C20H21NO3.ClH/c1-14(22)23-18-9-5-7-16-19(18)24-17-8-4-3-6-15(17)20(16)10-12-21(2)13-11-20;/h3-9H,10-13H2,1-2H3;1H. The highest BCUT2D eigenvalue weighted by Gasteiger charge is 2.44. The van der Waals surface area contributed by atoms with Crippen molar-refractivity contribution >= 4 is 18.4 Å². The lowest BCUT2D eigenvalue weighted by Gasteiger charge is -2.45. The molecule has 25 heavy (non-hydrogen) atoms. The van der Waals surface area contributed by atoms with Crippen LogP contribution in [0.2, 0.25) is 0 Å². The molecule has 1 fully saturated rings. The Morgan fingerprint density at radius 1 is 1.08 bits per heavy atom. The Kier molecular flexibility index (Phi) is 4.76. The van der Waals surface area contributed by atoms with E-state index in [-0.39, 0.29) is 23.8 Å². The number of carbonyl (C=O) groups is 1. The molecule has 0 aromatic heterocycles. The van der Waals surface area contributed by atoms with Gasteiger partial charge in [0.2, 0.25) is 0 Å². The first-order valence-corrected chi connectivity index (χ1v) is 8.38. The maximum atomic E-state index is 11.5. The van der Waals surface area contributed by atoms with Gasteiger partial charge in [0.15, 0.2) is 11.5 Å². The Morgan fingerprint density at radius 3 is 2.48 bits per heavy atom. The number of benzene rings is 2. The van der Waals surface area contributed by atoms with Crippen LogP contribution in [0.15, 0.2) is 42.5 Å². The summed E-state index contributed by atoms with van der Waals surface area (Å²) in [6, 6.07) is 14.1. The number of fused-ring (bicyclic) bond motifs is 4. The zero-order chi connectivity index (χ0) is 16.7. The third-order valence-corrected chi connectivity index (χ3v) is 5.20. The summed E-state index contributed by atoms with van der Waals surface area (Å²) in [5.41, 5.74) is 2.30. The van der Waals surface area contributed by atoms with Crippen molar-refractivity contribution in [1.82, 2.24) is 4.90 Å². The maximum Gasteiger partial charge on any atom is 0.308 e. The topological polar surface area (TPSA) is 38.8 Å². The van der Waals surface area contributed by atoms with Crippen molar-refractivity contribution in [2.75, 3.05) is 20.1 Å². The van der Waals surface area contributed by atoms with Gasteiger partial charge < -0.3 is 14.4 Å². The molecule has 0 radical (unpaired) electrons. The highest BCUT2D eigenvalue weighted by Crippen LogP contribution is 2.55. The first kappa shape index (κ1) is 17.8. The lowest BCUT2D eigenvalue weighted by molar-refractivity contribution is -0.132. The molecule has 2 aromatic rings. The summed E-state index contributed by atoms with van der Waals surface area (Å²) in [4.78, 5) is 13.8. The van der Waals surface area contributed by atoms with Gasteiger partial charge in [-0.2, -0.15) is 0 Å². The third kappa shape index (κ3) is 2.90. The van der Waals surface area contributed by atoms with Crippen molar-refractivity contribution in [2.45, 2.75) is 25.2 Å². The Hall–Kier alpha value is -2.04. The van der Waals surface area contributed by atoms with E-state index in [0.29, 0.717) is 11.5 Å². The van der Waals surface area contributed by atoms with Gasteiger partial charge in [-0.25, -0.2) is 0 Å². The largest absolute Gasteiger partial charge is 0.453 e. The Labute approximate surface area is 154 Å². The average molecular weight is 360 g/mol. The number of halogens is 1. The van der Waals surface area contributed by atoms with Crippen molar-refractivity contribution in [1.29, 1.82) is 0 Å². The van der Waals surface area contributed by atoms with Crippen LogP contribution in [0.4, 0.5) is 0 Å². The second-order valence-electron chi connectivity index (χ2n) is 6.71. The van der Waals surface area contributed by atoms with Gasteiger partial charge in [-0.1, -0.05) is 30.3 Å². The quantitative estimate of drug-likeness (QED) is 0.566. The summed E-state index contributed by atoms with van der Waals surface area (Å²) in [6.45, 7) is 3.48. The fourth-order valence-corrected chi connectivity index (χ4v) is 3.98. The number of para-hydroxylation sites is 2. The van der Waals surface area contributed by atoms with E-state index in [1.807, 2.05) is 18.2 Å². The van der Waals surface area contributed by atoms with Crippen molar-refractivity contribution in [3.63, 3.8) is 0 Å². The number of hydrogen-bond donors (Lipinski definition) is 0. The minimum Gasteiger partial charge on any atom is -0.453 e. The first-order chi connectivity index (χ1) is 11.6. The van der Waals surface area contributed by atoms with Crippen molar-refractivity contribution in [3.8, 4) is 17.2 Å². The molecular formula is C20H22ClNO3. The number of hydrogen-bond acceptors (Lipinski definition) is 4. The molecule has 132 valence electrons. The molecule has 1 saturated heterocycles. The van der Waals surface area contributed by atoms with Gasteiger partial charge in [-0.15, -0.1) is 12.4 Å². The SMILES string of the molecule is CC(=O)Oc1cccc2c1Oc1ccccc1C21CCN(C)CC1.Cl. The number of likely N-dealkylation sites (tertiary alicyclic amines) is 1. The van der Waals surface area contributed by atoms with Crippen LogP contribution in [0.5, 0.6) is 17.2 Å². The second-order valence-corrected chi connectivity index (χ2v) is 6.71. The van der Waals surface area contributed by atoms with Crippen LogP contribution < -0.4 is 9.47 Å². The maximum absolute atomic E-state index is 11.5. The number of nitrogens with zero attached hydrogens (tertiary/aromatic N) is 1. The van der Waals surface area contributed by atoms with E-state index in [4.69, 9.17) is 9.47 Å². The molecule has 1 spiro atoms. The molecule has 0 bridgehead atoms. The van der Waals surface area contributed by atoms with Crippen molar-refractivity contribution in [2.24, 2.45) is 0 Å².